The van der Waals surface area contributed by atoms with Gasteiger partial charge in [-0.1, -0.05) is 6.08 Å². The molecule has 0 saturated carbocycles. The Hall–Kier alpha value is -1.56. The Labute approximate surface area is 114 Å². The van der Waals surface area contributed by atoms with Gasteiger partial charge in [-0.15, -0.1) is 6.58 Å². The number of hydrogen-bond donors (Lipinski definition) is 1. The van der Waals surface area contributed by atoms with Gasteiger partial charge in [0.05, 0.1) is 13.0 Å². The molecule has 1 N–H and O–H groups in total. The molecule has 6 heteroatoms. The number of carbonyl (C=O) groups is 2. The van der Waals surface area contributed by atoms with Gasteiger partial charge < -0.3 is 19.6 Å². The minimum Gasteiger partial charge on any atom is -0.481 e. The molecule has 0 radical (unpaired) electrons. The van der Waals surface area contributed by atoms with E-state index in [1.54, 1.807) is 29.9 Å². The summed E-state index contributed by atoms with van der Waals surface area (Å²) in [7, 11) is 1.57. The lowest BCUT2D eigenvalue weighted by Crippen LogP contribution is -2.48. The maximum Gasteiger partial charge on any atom is 0.320 e. The van der Waals surface area contributed by atoms with Crippen molar-refractivity contribution in [1.29, 1.82) is 0 Å². The highest BCUT2D eigenvalue weighted by molar-refractivity contribution is 5.76. The van der Waals surface area contributed by atoms with Gasteiger partial charge in [-0.25, -0.2) is 4.79 Å². The van der Waals surface area contributed by atoms with Gasteiger partial charge in [0.25, 0.3) is 0 Å². The molecule has 0 aromatic rings. The van der Waals surface area contributed by atoms with E-state index < -0.39 is 5.97 Å². The topological polar surface area (TPSA) is 70.1 Å². The van der Waals surface area contributed by atoms with Gasteiger partial charge in [0.1, 0.15) is 0 Å². The Morgan fingerprint density at radius 3 is 2.53 bits per heavy atom. The minimum atomic E-state index is -0.911. The van der Waals surface area contributed by atoms with Crippen LogP contribution in [0.2, 0.25) is 0 Å². The maximum atomic E-state index is 12.3. The van der Waals surface area contributed by atoms with E-state index in [-0.39, 0.29) is 18.5 Å². The fraction of sp³-hybridized carbons (Fsp3) is 0.692. The number of carbonyl (C=O) groups excluding carboxylic acids is 1. The number of carboxylic acid groups (broad SMARTS) is 1. The maximum absolute atomic E-state index is 12.3. The molecule has 0 spiro atoms. The summed E-state index contributed by atoms with van der Waals surface area (Å²) in [6, 6.07) is -0.530. The zero-order valence-electron chi connectivity index (χ0n) is 12.0. The lowest BCUT2D eigenvalue weighted by molar-refractivity contribution is -0.138. The first-order chi connectivity index (χ1) is 8.97. The fourth-order valence-electron chi connectivity index (χ4n) is 1.80. The monoisotopic (exact) mass is 272 g/mol. The van der Waals surface area contributed by atoms with Crippen LogP contribution in [0.15, 0.2) is 12.7 Å². The lowest BCUT2D eigenvalue weighted by Gasteiger charge is -2.32. The van der Waals surface area contributed by atoms with Crippen LogP contribution in [-0.2, 0) is 9.53 Å². The van der Waals surface area contributed by atoms with Crippen molar-refractivity contribution in [2.45, 2.75) is 26.3 Å². The number of ether oxygens (including phenoxy) is 1. The highest BCUT2D eigenvalue weighted by Crippen LogP contribution is 2.08. The molecule has 0 aromatic carbocycles. The van der Waals surface area contributed by atoms with Crippen molar-refractivity contribution in [3.63, 3.8) is 0 Å². The average Bonchev–Trinajstić information content (AvgIpc) is 2.34. The van der Waals surface area contributed by atoms with Crippen molar-refractivity contribution >= 4 is 12.0 Å². The summed E-state index contributed by atoms with van der Waals surface area (Å²) in [5.74, 6) is -0.911. The molecule has 6 nitrogen and oxygen atoms in total. The Bertz CT molecular complexity index is 307. The van der Waals surface area contributed by atoms with Gasteiger partial charge in [0.2, 0.25) is 0 Å². The second kappa shape index (κ2) is 9.38. The second-order valence-electron chi connectivity index (χ2n) is 4.24. The molecule has 0 aromatic heterocycles. The van der Waals surface area contributed by atoms with E-state index in [1.165, 1.54) is 0 Å². The summed E-state index contributed by atoms with van der Waals surface area (Å²) in [6.45, 7) is 8.96. The minimum absolute atomic E-state index is 0.0637. The molecule has 19 heavy (non-hydrogen) atoms. The van der Waals surface area contributed by atoms with E-state index in [0.29, 0.717) is 26.2 Å². The van der Waals surface area contributed by atoms with Crippen LogP contribution in [0.5, 0.6) is 0 Å². The van der Waals surface area contributed by atoms with Crippen LogP contribution >= 0.6 is 0 Å². The molecule has 2 amide bonds. The predicted octanol–water partition coefficient (Wildman–Crippen LogP) is 1.43. The van der Waals surface area contributed by atoms with Crippen molar-refractivity contribution in [3.8, 4) is 0 Å². The van der Waals surface area contributed by atoms with Crippen molar-refractivity contribution in [1.82, 2.24) is 9.80 Å². The SMILES string of the molecule is C=CCN(CCOC)C(=O)N(CC)C(C)CC(=O)O. The van der Waals surface area contributed by atoms with Crippen LogP contribution in [0.4, 0.5) is 4.79 Å². The predicted molar refractivity (Wildman–Crippen MR) is 73.1 cm³/mol. The largest absolute Gasteiger partial charge is 0.481 e. The molecule has 1 unspecified atom stereocenters. The Kier molecular flexibility index (Phi) is 8.61. The summed E-state index contributed by atoms with van der Waals surface area (Å²) in [5, 5.41) is 8.81. The quantitative estimate of drug-likeness (QED) is 0.645. The number of urea groups is 1. The van der Waals surface area contributed by atoms with Crippen LogP contribution in [0.25, 0.3) is 0 Å². The zero-order valence-corrected chi connectivity index (χ0v) is 12.0. The summed E-state index contributed by atoms with van der Waals surface area (Å²) >= 11 is 0. The molecule has 0 bridgehead atoms. The van der Waals surface area contributed by atoms with E-state index in [0.717, 1.165) is 0 Å². The third-order valence-corrected chi connectivity index (χ3v) is 2.77. The van der Waals surface area contributed by atoms with Crippen molar-refractivity contribution < 1.29 is 19.4 Å². The molecule has 1 atom stereocenters. The standard InChI is InChI=1S/C13H24N2O4/c1-5-7-14(8-9-19-4)13(18)15(6-2)11(3)10-12(16)17/h5,11H,1,6-10H2,2-4H3,(H,16,17). The molecule has 0 heterocycles. The second-order valence-corrected chi connectivity index (χ2v) is 4.24. The molecule has 0 aliphatic heterocycles. The van der Waals surface area contributed by atoms with Gasteiger partial charge >= 0.3 is 12.0 Å². The molecule has 0 aliphatic carbocycles. The van der Waals surface area contributed by atoms with Crippen LogP contribution in [0.3, 0.4) is 0 Å². The number of amides is 2. The van der Waals surface area contributed by atoms with E-state index in [4.69, 9.17) is 9.84 Å². The highest BCUT2D eigenvalue weighted by atomic mass is 16.5. The third-order valence-electron chi connectivity index (χ3n) is 2.77. The van der Waals surface area contributed by atoms with Gasteiger partial charge in [0, 0.05) is 32.8 Å². The van der Waals surface area contributed by atoms with Gasteiger partial charge in [-0.05, 0) is 13.8 Å². The zero-order chi connectivity index (χ0) is 14.8. The Morgan fingerprint density at radius 2 is 2.11 bits per heavy atom. The highest BCUT2D eigenvalue weighted by Gasteiger charge is 2.24. The number of methoxy groups -OCH3 is 1. The summed E-state index contributed by atoms with van der Waals surface area (Å²) in [6.07, 6.45) is 1.58. The first kappa shape index (κ1) is 17.4. The molecule has 0 rings (SSSR count). The molecular formula is C13H24N2O4. The number of rotatable bonds is 9. The van der Waals surface area contributed by atoms with Gasteiger partial charge in [-0.2, -0.15) is 0 Å². The van der Waals surface area contributed by atoms with Crippen LogP contribution in [0, 0.1) is 0 Å². The number of carboxylic acids is 1. The molecule has 110 valence electrons. The fourth-order valence-corrected chi connectivity index (χ4v) is 1.80. The summed E-state index contributed by atoms with van der Waals surface area (Å²) in [5.41, 5.74) is 0. The van der Waals surface area contributed by atoms with E-state index >= 15 is 0 Å². The van der Waals surface area contributed by atoms with Crippen LogP contribution in [0.1, 0.15) is 20.3 Å². The Balaban J connectivity index is 4.74. The summed E-state index contributed by atoms with van der Waals surface area (Å²) in [4.78, 5) is 26.2. The van der Waals surface area contributed by atoms with Crippen molar-refractivity contribution in [3.05, 3.63) is 12.7 Å². The van der Waals surface area contributed by atoms with E-state index in [1.807, 2.05) is 6.92 Å². The molecule has 0 saturated heterocycles. The number of nitrogens with zero attached hydrogens (tertiary/aromatic N) is 2. The first-order valence-electron chi connectivity index (χ1n) is 6.35. The molecular weight excluding hydrogens is 248 g/mol. The number of hydrogen-bond acceptors (Lipinski definition) is 3. The smallest absolute Gasteiger partial charge is 0.320 e. The van der Waals surface area contributed by atoms with Gasteiger partial charge in [0.15, 0.2) is 0 Å². The first-order valence-corrected chi connectivity index (χ1v) is 6.35. The van der Waals surface area contributed by atoms with E-state index in [2.05, 4.69) is 6.58 Å². The van der Waals surface area contributed by atoms with Crippen LogP contribution in [-0.4, -0.2) is 66.3 Å². The Morgan fingerprint density at radius 1 is 1.47 bits per heavy atom. The third kappa shape index (κ3) is 6.24. The average molecular weight is 272 g/mol. The molecule has 0 fully saturated rings. The van der Waals surface area contributed by atoms with E-state index in [9.17, 15) is 9.59 Å². The molecule has 0 aliphatic rings. The van der Waals surface area contributed by atoms with Crippen molar-refractivity contribution in [2.75, 3.05) is 33.4 Å². The lowest BCUT2D eigenvalue weighted by atomic mass is 10.2. The summed E-state index contributed by atoms with van der Waals surface area (Å²) < 4.78 is 4.97. The normalized spacial score (nSPS) is 11.7. The van der Waals surface area contributed by atoms with Gasteiger partial charge in [-0.3, -0.25) is 4.79 Å². The number of aliphatic carboxylic acids is 1. The van der Waals surface area contributed by atoms with Crippen LogP contribution < -0.4 is 0 Å². The van der Waals surface area contributed by atoms with Crippen molar-refractivity contribution in [2.24, 2.45) is 0 Å².